The molecule has 4 heteroatoms. The van der Waals surface area contributed by atoms with Gasteiger partial charge in [0.1, 0.15) is 6.10 Å². The molecule has 0 amide bonds. The zero-order chi connectivity index (χ0) is 17.1. The summed E-state index contributed by atoms with van der Waals surface area (Å²) in [5.41, 5.74) is 0.954. The van der Waals surface area contributed by atoms with Crippen LogP contribution in [0.2, 0.25) is 0 Å². The molecule has 0 aliphatic heterocycles. The molecular weight excluding hydrogens is 292 g/mol. The lowest BCUT2D eigenvalue weighted by molar-refractivity contribution is -0.155. The third-order valence-corrected chi connectivity index (χ3v) is 3.30. The monoisotopic (exact) mass is 316 g/mol. The summed E-state index contributed by atoms with van der Waals surface area (Å²) in [5, 5.41) is 0. The Hall–Kier alpha value is -2.28. The average molecular weight is 316 g/mol. The molecule has 0 fully saturated rings. The van der Waals surface area contributed by atoms with Gasteiger partial charge in [-0.15, -0.1) is 5.92 Å². The first-order valence-electron chi connectivity index (χ1n) is 7.96. The molecule has 124 valence electrons. The van der Waals surface area contributed by atoms with E-state index < -0.39 is 18.0 Å². The molecule has 0 aromatic heterocycles. The maximum atomic E-state index is 11.9. The highest BCUT2D eigenvalue weighted by Gasteiger charge is 2.17. The molecule has 0 aliphatic rings. The molecular formula is C19H24O4. The van der Waals surface area contributed by atoms with Crippen LogP contribution < -0.4 is 0 Å². The summed E-state index contributed by atoms with van der Waals surface area (Å²) in [6, 6.07) is 9.57. The number of esters is 2. The second kappa shape index (κ2) is 10.4. The van der Waals surface area contributed by atoms with Crippen molar-refractivity contribution >= 4 is 11.9 Å². The summed E-state index contributed by atoms with van der Waals surface area (Å²) in [6.45, 7) is 5.54. The van der Waals surface area contributed by atoms with E-state index in [9.17, 15) is 9.59 Å². The minimum Gasteiger partial charge on any atom is -0.457 e. The van der Waals surface area contributed by atoms with Crippen LogP contribution in [-0.2, 0) is 19.1 Å². The van der Waals surface area contributed by atoms with E-state index >= 15 is 0 Å². The Morgan fingerprint density at radius 3 is 2.13 bits per heavy atom. The Labute approximate surface area is 138 Å². The van der Waals surface area contributed by atoms with Crippen molar-refractivity contribution in [3.8, 4) is 11.8 Å². The summed E-state index contributed by atoms with van der Waals surface area (Å²) < 4.78 is 10.6. The maximum absolute atomic E-state index is 11.9. The van der Waals surface area contributed by atoms with Crippen LogP contribution in [0.5, 0.6) is 0 Å². The van der Waals surface area contributed by atoms with Gasteiger partial charge in [0.15, 0.2) is 6.10 Å². The number of hydrogen-bond donors (Lipinski definition) is 0. The molecule has 1 aromatic carbocycles. The maximum Gasteiger partial charge on any atom is 0.307 e. The van der Waals surface area contributed by atoms with Crippen LogP contribution >= 0.6 is 0 Å². The Balaban J connectivity index is 2.43. The van der Waals surface area contributed by atoms with Crippen molar-refractivity contribution in [1.82, 2.24) is 0 Å². The van der Waals surface area contributed by atoms with E-state index in [2.05, 4.69) is 11.8 Å². The number of rotatable bonds is 8. The van der Waals surface area contributed by atoms with E-state index in [4.69, 9.17) is 9.47 Å². The van der Waals surface area contributed by atoms with Gasteiger partial charge in [0.2, 0.25) is 0 Å². The Morgan fingerprint density at radius 2 is 1.61 bits per heavy atom. The number of carbonyl (C=O) groups is 2. The van der Waals surface area contributed by atoms with Crippen molar-refractivity contribution in [2.24, 2.45) is 0 Å². The smallest absolute Gasteiger partial charge is 0.307 e. The first-order chi connectivity index (χ1) is 11.1. The molecule has 2 atom stereocenters. The van der Waals surface area contributed by atoms with Gasteiger partial charge >= 0.3 is 11.9 Å². The van der Waals surface area contributed by atoms with E-state index in [1.807, 2.05) is 44.2 Å². The Kier molecular flexibility index (Phi) is 8.52. The van der Waals surface area contributed by atoms with Gasteiger partial charge in [0.25, 0.3) is 0 Å². The molecule has 0 bridgehead atoms. The molecule has 0 heterocycles. The standard InChI is InChI=1S/C19H24O4/c1-4-10-16(5-2)22-18(20)13-14-19(21)23-17(6-3)15-11-8-7-9-12-15/h7-9,11-12,16-17H,5-6,13-14H2,1-3H3. The number of carbonyl (C=O) groups excluding carboxylic acids is 2. The normalized spacial score (nSPS) is 12.5. The van der Waals surface area contributed by atoms with Crippen LogP contribution in [0.1, 0.15) is 58.1 Å². The van der Waals surface area contributed by atoms with Gasteiger partial charge < -0.3 is 9.47 Å². The van der Waals surface area contributed by atoms with Crippen molar-refractivity contribution in [2.45, 2.75) is 58.7 Å². The van der Waals surface area contributed by atoms with Crippen LogP contribution in [0.3, 0.4) is 0 Å². The van der Waals surface area contributed by atoms with Gasteiger partial charge in [0.05, 0.1) is 12.8 Å². The zero-order valence-corrected chi connectivity index (χ0v) is 14.0. The summed E-state index contributed by atoms with van der Waals surface area (Å²) in [4.78, 5) is 23.6. The predicted octanol–water partition coefficient (Wildman–Crippen LogP) is 3.81. The second-order valence-electron chi connectivity index (χ2n) is 5.08. The van der Waals surface area contributed by atoms with E-state index in [0.29, 0.717) is 12.8 Å². The molecule has 2 unspecified atom stereocenters. The molecule has 1 aromatic rings. The third kappa shape index (κ3) is 7.01. The minimum absolute atomic E-state index is 0.00590. The Bertz CT molecular complexity index is 554. The number of ether oxygens (including phenoxy) is 2. The van der Waals surface area contributed by atoms with Gasteiger partial charge in [-0.2, -0.15) is 0 Å². The average Bonchev–Trinajstić information content (AvgIpc) is 2.58. The van der Waals surface area contributed by atoms with Gasteiger partial charge in [-0.1, -0.05) is 50.1 Å². The largest absolute Gasteiger partial charge is 0.457 e. The summed E-state index contributed by atoms with van der Waals surface area (Å²) >= 11 is 0. The summed E-state index contributed by atoms with van der Waals surface area (Å²) in [7, 11) is 0. The van der Waals surface area contributed by atoms with Gasteiger partial charge in [-0.05, 0) is 25.3 Å². The lowest BCUT2D eigenvalue weighted by Gasteiger charge is -2.16. The summed E-state index contributed by atoms with van der Waals surface area (Å²) in [5.74, 6) is 4.70. The van der Waals surface area contributed by atoms with Crippen molar-refractivity contribution in [3.05, 3.63) is 35.9 Å². The van der Waals surface area contributed by atoms with Gasteiger partial charge in [0, 0.05) is 0 Å². The van der Waals surface area contributed by atoms with Crippen molar-refractivity contribution < 1.29 is 19.1 Å². The fraction of sp³-hybridized carbons (Fsp3) is 0.474. The number of hydrogen-bond acceptors (Lipinski definition) is 4. The highest BCUT2D eigenvalue weighted by atomic mass is 16.5. The quantitative estimate of drug-likeness (QED) is 0.540. The minimum atomic E-state index is -0.427. The fourth-order valence-corrected chi connectivity index (χ4v) is 2.07. The third-order valence-electron chi connectivity index (χ3n) is 3.30. The molecule has 0 saturated heterocycles. The molecule has 23 heavy (non-hydrogen) atoms. The van der Waals surface area contributed by atoms with Crippen LogP contribution in [0.25, 0.3) is 0 Å². The molecule has 0 N–H and O–H groups in total. The number of benzene rings is 1. The first-order valence-corrected chi connectivity index (χ1v) is 7.96. The topological polar surface area (TPSA) is 52.6 Å². The van der Waals surface area contributed by atoms with Crippen LogP contribution in [0, 0.1) is 11.8 Å². The second-order valence-corrected chi connectivity index (χ2v) is 5.08. The van der Waals surface area contributed by atoms with Crippen molar-refractivity contribution in [3.63, 3.8) is 0 Å². The first kappa shape index (κ1) is 18.8. The zero-order valence-electron chi connectivity index (χ0n) is 14.0. The van der Waals surface area contributed by atoms with Gasteiger partial charge in [-0.3, -0.25) is 9.59 Å². The van der Waals surface area contributed by atoms with Crippen molar-refractivity contribution in [2.75, 3.05) is 0 Å². The Morgan fingerprint density at radius 1 is 1.00 bits per heavy atom. The molecule has 4 nitrogen and oxygen atoms in total. The molecule has 0 spiro atoms. The molecule has 0 aliphatic carbocycles. The molecule has 0 radical (unpaired) electrons. The predicted molar refractivity (Wildman–Crippen MR) is 88.4 cm³/mol. The summed E-state index contributed by atoms with van der Waals surface area (Å²) in [6.07, 6.45) is 0.641. The molecule has 0 saturated carbocycles. The van der Waals surface area contributed by atoms with E-state index in [1.54, 1.807) is 6.92 Å². The highest BCUT2D eigenvalue weighted by Crippen LogP contribution is 2.21. The van der Waals surface area contributed by atoms with Crippen LogP contribution in [-0.4, -0.2) is 18.0 Å². The fourth-order valence-electron chi connectivity index (χ4n) is 2.07. The molecule has 1 rings (SSSR count). The van der Waals surface area contributed by atoms with E-state index in [1.165, 1.54) is 0 Å². The highest BCUT2D eigenvalue weighted by molar-refractivity contribution is 5.78. The lowest BCUT2D eigenvalue weighted by atomic mass is 10.1. The lowest BCUT2D eigenvalue weighted by Crippen LogP contribution is -2.18. The van der Waals surface area contributed by atoms with Crippen LogP contribution in [0.4, 0.5) is 0 Å². The van der Waals surface area contributed by atoms with Crippen molar-refractivity contribution in [1.29, 1.82) is 0 Å². The van der Waals surface area contributed by atoms with E-state index in [-0.39, 0.29) is 18.9 Å². The van der Waals surface area contributed by atoms with Gasteiger partial charge in [-0.25, -0.2) is 0 Å². The van der Waals surface area contributed by atoms with E-state index in [0.717, 1.165) is 5.56 Å². The van der Waals surface area contributed by atoms with Crippen LogP contribution in [0.15, 0.2) is 30.3 Å². The SMILES string of the molecule is CC#CC(CC)OC(=O)CCC(=O)OC(CC)c1ccccc1.